The Morgan fingerprint density at radius 2 is 1.74 bits per heavy atom. The van der Waals surface area contributed by atoms with Crippen molar-refractivity contribution in [3.05, 3.63) is 23.1 Å². The molecule has 0 aliphatic carbocycles. The topological polar surface area (TPSA) is 59.7 Å². The molecule has 1 atom stereocenters. The van der Waals surface area contributed by atoms with E-state index in [1.54, 1.807) is 41.5 Å². The summed E-state index contributed by atoms with van der Waals surface area (Å²) < 4.78 is 76.3. The van der Waals surface area contributed by atoms with E-state index in [0.717, 1.165) is 22.5 Å². The van der Waals surface area contributed by atoms with Crippen LogP contribution in [0.1, 0.15) is 71.8 Å². The smallest absolute Gasteiger partial charge is 0.414 e. The summed E-state index contributed by atoms with van der Waals surface area (Å²) in [7, 11) is 0. The fourth-order valence-electron chi connectivity index (χ4n) is 3.76. The van der Waals surface area contributed by atoms with Gasteiger partial charge in [-0.2, -0.15) is 18.3 Å². The lowest BCUT2D eigenvalue weighted by atomic mass is 9.86. The number of nitrogens with zero attached hydrogens (tertiary/aromatic N) is 4. The molecule has 0 spiro atoms. The number of alkyl halides is 5. The zero-order valence-electron chi connectivity index (χ0n) is 18.4. The highest BCUT2D eigenvalue weighted by Crippen LogP contribution is 2.51. The van der Waals surface area contributed by atoms with Crippen LogP contribution in [0.15, 0.2) is 6.20 Å². The number of ether oxygens (including phenoxy) is 1. The summed E-state index contributed by atoms with van der Waals surface area (Å²) in [5, 5.41) is 3.85. The number of carbonyl (C=O) groups is 1. The lowest BCUT2D eigenvalue weighted by molar-refractivity contribution is -0.181. The number of hydrogen-bond donors (Lipinski definition) is 0. The first-order valence-corrected chi connectivity index (χ1v) is 9.66. The molecule has 0 N–H and O–H groups in total. The van der Waals surface area contributed by atoms with Crippen molar-refractivity contribution >= 4 is 17.4 Å². The van der Waals surface area contributed by atoms with Gasteiger partial charge in [0.15, 0.2) is 5.65 Å². The fraction of sp³-hybridized carbons (Fsp3) is 0.650. The summed E-state index contributed by atoms with van der Waals surface area (Å²) in [4.78, 5) is 17.7. The minimum atomic E-state index is -4.80. The summed E-state index contributed by atoms with van der Waals surface area (Å²) in [5.74, 6) is 0. The standard InChI is InChI=1S/C20H25F5N4O2/c1-17(2,3)11-12(14(21)22)27-29-13-10(8-26-15(11)29)28(16(30)31-18(4,5)6)9-19(13,7)20(23,24)25/h8,14H,9H2,1-7H3. The molecule has 2 aromatic rings. The van der Waals surface area contributed by atoms with Crippen molar-refractivity contribution in [2.24, 2.45) is 0 Å². The van der Waals surface area contributed by atoms with Crippen LogP contribution in [-0.2, 0) is 15.6 Å². The number of carbonyl (C=O) groups excluding carboxylic acids is 1. The van der Waals surface area contributed by atoms with Crippen LogP contribution in [0.5, 0.6) is 0 Å². The van der Waals surface area contributed by atoms with Crippen LogP contribution in [-0.4, -0.2) is 39.0 Å². The quantitative estimate of drug-likeness (QED) is 0.538. The lowest BCUT2D eigenvalue weighted by Gasteiger charge is -2.29. The molecule has 1 amide bonds. The summed E-state index contributed by atoms with van der Waals surface area (Å²) in [6.45, 7) is 9.85. The highest BCUT2D eigenvalue weighted by atomic mass is 19.4. The number of anilines is 1. The minimum Gasteiger partial charge on any atom is -0.443 e. The van der Waals surface area contributed by atoms with Crippen LogP contribution in [0, 0.1) is 0 Å². The Hall–Kier alpha value is -2.46. The van der Waals surface area contributed by atoms with E-state index < -0.39 is 53.1 Å². The number of hydrogen-bond acceptors (Lipinski definition) is 4. The van der Waals surface area contributed by atoms with Gasteiger partial charge in [0.25, 0.3) is 6.43 Å². The highest BCUT2D eigenvalue weighted by Gasteiger charge is 2.61. The third kappa shape index (κ3) is 3.71. The van der Waals surface area contributed by atoms with Gasteiger partial charge in [-0.3, -0.25) is 4.90 Å². The van der Waals surface area contributed by atoms with E-state index in [9.17, 15) is 26.7 Å². The third-order valence-corrected chi connectivity index (χ3v) is 5.14. The molecule has 31 heavy (non-hydrogen) atoms. The van der Waals surface area contributed by atoms with Crippen LogP contribution in [0.25, 0.3) is 5.65 Å². The molecule has 0 saturated carbocycles. The van der Waals surface area contributed by atoms with E-state index in [4.69, 9.17) is 4.74 Å². The van der Waals surface area contributed by atoms with Crippen molar-refractivity contribution in [1.29, 1.82) is 0 Å². The van der Waals surface area contributed by atoms with Gasteiger partial charge in [0.05, 0.1) is 17.6 Å². The SMILES string of the molecule is CC(C)(C)OC(=O)N1CC(C)(C(F)(F)F)c2c1cnc1c(C(C)(C)C)c(C(F)F)nn21. The fourth-order valence-corrected chi connectivity index (χ4v) is 3.76. The van der Waals surface area contributed by atoms with E-state index in [1.807, 2.05) is 0 Å². The minimum absolute atomic E-state index is 0.0607. The van der Waals surface area contributed by atoms with E-state index >= 15 is 0 Å². The Balaban J connectivity index is 2.35. The van der Waals surface area contributed by atoms with E-state index in [0.29, 0.717) is 0 Å². The molecule has 3 heterocycles. The van der Waals surface area contributed by atoms with Crippen molar-refractivity contribution in [2.45, 2.75) is 77.5 Å². The first-order chi connectivity index (χ1) is 13.9. The molecular formula is C20H25F5N4O2. The van der Waals surface area contributed by atoms with Crippen LogP contribution in [0.2, 0.25) is 0 Å². The zero-order valence-corrected chi connectivity index (χ0v) is 18.4. The number of fused-ring (bicyclic) bond motifs is 3. The Labute approximate surface area is 176 Å². The van der Waals surface area contributed by atoms with Crippen molar-refractivity contribution < 1.29 is 31.5 Å². The largest absolute Gasteiger partial charge is 0.443 e. The molecular weight excluding hydrogens is 423 g/mol. The van der Waals surface area contributed by atoms with Gasteiger partial charge in [-0.1, -0.05) is 20.8 Å². The van der Waals surface area contributed by atoms with Gasteiger partial charge in [0.1, 0.15) is 16.7 Å². The van der Waals surface area contributed by atoms with E-state index in [1.165, 1.54) is 0 Å². The first-order valence-electron chi connectivity index (χ1n) is 9.66. The molecule has 1 aliphatic heterocycles. The second-order valence-electron chi connectivity index (χ2n) is 9.93. The third-order valence-electron chi connectivity index (χ3n) is 5.14. The molecule has 1 aliphatic rings. The molecule has 2 aromatic heterocycles. The molecule has 0 fully saturated rings. The van der Waals surface area contributed by atoms with Gasteiger partial charge in [-0.15, -0.1) is 0 Å². The average molecular weight is 448 g/mol. The lowest BCUT2D eigenvalue weighted by Crippen LogP contribution is -2.46. The van der Waals surface area contributed by atoms with Crippen LogP contribution in [0.4, 0.5) is 32.4 Å². The average Bonchev–Trinajstić information content (AvgIpc) is 3.09. The monoisotopic (exact) mass is 448 g/mol. The Morgan fingerprint density at radius 3 is 2.19 bits per heavy atom. The number of rotatable bonds is 1. The second kappa shape index (κ2) is 6.77. The van der Waals surface area contributed by atoms with Gasteiger partial charge < -0.3 is 4.74 Å². The summed E-state index contributed by atoms with van der Waals surface area (Å²) in [6, 6.07) is 0. The molecule has 172 valence electrons. The van der Waals surface area contributed by atoms with E-state index in [2.05, 4.69) is 10.1 Å². The Kier molecular flexibility index (Phi) is 5.07. The van der Waals surface area contributed by atoms with Gasteiger partial charge in [0.2, 0.25) is 0 Å². The van der Waals surface area contributed by atoms with Gasteiger partial charge in [-0.05, 0) is 33.1 Å². The summed E-state index contributed by atoms with van der Waals surface area (Å²) in [5.41, 5.74) is -5.63. The maximum atomic E-state index is 14.2. The van der Waals surface area contributed by atoms with Gasteiger partial charge in [0, 0.05) is 12.1 Å². The van der Waals surface area contributed by atoms with E-state index in [-0.39, 0.29) is 16.9 Å². The molecule has 0 radical (unpaired) electrons. The highest BCUT2D eigenvalue weighted by molar-refractivity contribution is 5.91. The van der Waals surface area contributed by atoms with Crippen molar-refractivity contribution in [3.8, 4) is 0 Å². The number of aromatic nitrogens is 3. The van der Waals surface area contributed by atoms with Crippen molar-refractivity contribution in [3.63, 3.8) is 0 Å². The molecule has 3 rings (SSSR count). The van der Waals surface area contributed by atoms with Gasteiger partial charge in [-0.25, -0.2) is 23.1 Å². The zero-order chi connectivity index (χ0) is 23.7. The normalized spacial score (nSPS) is 20.0. The van der Waals surface area contributed by atoms with Crippen LogP contribution in [0.3, 0.4) is 0 Å². The van der Waals surface area contributed by atoms with Crippen molar-refractivity contribution in [2.75, 3.05) is 11.4 Å². The molecule has 6 nitrogen and oxygen atoms in total. The van der Waals surface area contributed by atoms with Crippen LogP contribution < -0.4 is 4.90 Å². The summed E-state index contributed by atoms with van der Waals surface area (Å²) in [6.07, 6.45) is -7.70. The molecule has 1 unspecified atom stereocenters. The predicted molar refractivity (Wildman–Crippen MR) is 104 cm³/mol. The predicted octanol–water partition coefficient (Wildman–Crippen LogP) is 5.54. The molecule has 11 heteroatoms. The second-order valence-corrected chi connectivity index (χ2v) is 9.93. The number of halogens is 5. The Morgan fingerprint density at radius 1 is 1.16 bits per heavy atom. The van der Waals surface area contributed by atoms with Gasteiger partial charge >= 0.3 is 12.3 Å². The summed E-state index contributed by atoms with van der Waals surface area (Å²) >= 11 is 0. The maximum Gasteiger partial charge on any atom is 0.414 e. The molecule has 0 saturated heterocycles. The maximum absolute atomic E-state index is 14.2. The Bertz CT molecular complexity index is 1030. The first kappa shape index (κ1) is 23.2. The molecule has 0 bridgehead atoms. The number of amides is 1. The van der Waals surface area contributed by atoms with Crippen molar-refractivity contribution in [1.82, 2.24) is 14.6 Å². The molecule has 0 aromatic carbocycles. The van der Waals surface area contributed by atoms with Crippen LogP contribution >= 0.6 is 0 Å².